The number of carbonyl (C=O) groups excluding carboxylic acids is 3. The van der Waals surface area contributed by atoms with E-state index in [9.17, 15) is 14.4 Å². The highest BCUT2D eigenvalue weighted by atomic mass is 16.5. The van der Waals surface area contributed by atoms with E-state index < -0.39 is 17.8 Å². The second-order valence-corrected chi connectivity index (χ2v) is 3.78. The first kappa shape index (κ1) is 14.7. The standard InChI is InChI=1S/C13H16N2O4/c1-3-7-14-11(16)12(17)15-10-6-4-5-9(8-10)13(18)19-2/h4-6,8H,3,7H2,1-2H3,(H,14,16)(H,15,17). The number of methoxy groups -OCH3 is 1. The molecule has 0 unspecified atom stereocenters. The molecule has 19 heavy (non-hydrogen) atoms. The van der Waals surface area contributed by atoms with Gasteiger partial charge in [-0.05, 0) is 24.6 Å². The van der Waals surface area contributed by atoms with E-state index in [0.29, 0.717) is 17.8 Å². The summed E-state index contributed by atoms with van der Waals surface area (Å²) in [7, 11) is 1.27. The number of amides is 2. The highest BCUT2D eigenvalue weighted by Crippen LogP contribution is 2.11. The number of nitrogens with one attached hydrogen (secondary N) is 2. The summed E-state index contributed by atoms with van der Waals surface area (Å²) in [5.74, 6) is -1.98. The van der Waals surface area contributed by atoms with Gasteiger partial charge in [-0.2, -0.15) is 0 Å². The number of anilines is 1. The molecule has 0 radical (unpaired) electrons. The summed E-state index contributed by atoms with van der Waals surface area (Å²) in [4.78, 5) is 34.2. The van der Waals surface area contributed by atoms with Crippen molar-refractivity contribution in [1.82, 2.24) is 5.32 Å². The van der Waals surface area contributed by atoms with Crippen molar-refractivity contribution in [1.29, 1.82) is 0 Å². The fraction of sp³-hybridized carbons (Fsp3) is 0.308. The van der Waals surface area contributed by atoms with Gasteiger partial charge >= 0.3 is 17.8 Å². The lowest BCUT2D eigenvalue weighted by Crippen LogP contribution is -2.35. The van der Waals surface area contributed by atoms with Crippen molar-refractivity contribution in [3.8, 4) is 0 Å². The average molecular weight is 264 g/mol. The lowest BCUT2D eigenvalue weighted by Gasteiger charge is -2.06. The van der Waals surface area contributed by atoms with Crippen LogP contribution in [0.4, 0.5) is 5.69 Å². The number of hydrogen-bond donors (Lipinski definition) is 2. The van der Waals surface area contributed by atoms with Gasteiger partial charge in [-0.15, -0.1) is 0 Å². The minimum absolute atomic E-state index is 0.300. The summed E-state index contributed by atoms with van der Waals surface area (Å²) in [5.41, 5.74) is 0.661. The van der Waals surface area contributed by atoms with Gasteiger partial charge in [-0.3, -0.25) is 9.59 Å². The van der Waals surface area contributed by atoms with E-state index >= 15 is 0 Å². The predicted octanol–water partition coefficient (Wildman–Crippen LogP) is 0.938. The minimum atomic E-state index is -0.768. The van der Waals surface area contributed by atoms with Crippen LogP contribution >= 0.6 is 0 Å². The number of rotatable bonds is 4. The van der Waals surface area contributed by atoms with Gasteiger partial charge in [-0.1, -0.05) is 13.0 Å². The largest absolute Gasteiger partial charge is 0.465 e. The van der Waals surface area contributed by atoms with Crippen molar-refractivity contribution in [2.45, 2.75) is 13.3 Å². The van der Waals surface area contributed by atoms with Gasteiger partial charge in [0.15, 0.2) is 0 Å². The second kappa shape index (κ2) is 7.15. The van der Waals surface area contributed by atoms with Crippen LogP contribution in [0.5, 0.6) is 0 Å². The lowest BCUT2D eigenvalue weighted by molar-refractivity contribution is -0.136. The number of carbonyl (C=O) groups is 3. The highest BCUT2D eigenvalue weighted by Gasteiger charge is 2.13. The van der Waals surface area contributed by atoms with Gasteiger partial charge in [0.2, 0.25) is 0 Å². The normalized spacial score (nSPS) is 9.58. The summed E-state index contributed by atoms with van der Waals surface area (Å²) in [6.45, 7) is 2.33. The maximum absolute atomic E-state index is 11.5. The number of hydrogen-bond acceptors (Lipinski definition) is 4. The zero-order chi connectivity index (χ0) is 14.3. The molecule has 0 spiro atoms. The van der Waals surface area contributed by atoms with Crippen LogP contribution in [0.25, 0.3) is 0 Å². The fourth-order valence-electron chi connectivity index (χ4n) is 1.35. The van der Waals surface area contributed by atoms with Crippen LogP contribution in [-0.2, 0) is 14.3 Å². The predicted molar refractivity (Wildman–Crippen MR) is 69.7 cm³/mol. The van der Waals surface area contributed by atoms with E-state index in [1.807, 2.05) is 6.92 Å². The van der Waals surface area contributed by atoms with E-state index in [1.165, 1.54) is 13.2 Å². The van der Waals surface area contributed by atoms with Crippen LogP contribution in [0.15, 0.2) is 24.3 Å². The molecule has 0 aromatic heterocycles. The Kier molecular flexibility index (Phi) is 5.53. The van der Waals surface area contributed by atoms with Crippen molar-refractivity contribution in [2.24, 2.45) is 0 Å². The Bertz CT molecular complexity index is 485. The van der Waals surface area contributed by atoms with Crippen LogP contribution in [-0.4, -0.2) is 31.4 Å². The molecule has 0 aliphatic heterocycles. The first-order chi connectivity index (χ1) is 9.08. The molecule has 102 valence electrons. The van der Waals surface area contributed by atoms with E-state index in [-0.39, 0.29) is 0 Å². The van der Waals surface area contributed by atoms with Gasteiger partial charge in [0.1, 0.15) is 0 Å². The summed E-state index contributed by atoms with van der Waals surface area (Å²) in [6, 6.07) is 6.17. The van der Waals surface area contributed by atoms with Crippen LogP contribution in [0.1, 0.15) is 23.7 Å². The van der Waals surface area contributed by atoms with Crippen LogP contribution in [0.2, 0.25) is 0 Å². The third-order valence-electron chi connectivity index (χ3n) is 2.28. The second-order valence-electron chi connectivity index (χ2n) is 3.78. The molecule has 0 fully saturated rings. The Morgan fingerprint density at radius 1 is 1.21 bits per heavy atom. The van der Waals surface area contributed by atoms with Gasteiger partial charge in [0.25, 0.3) is 0 Å². The Hall–Kier alpha value is -2.37. The Morgan fingerprint density at radius 3 is 2.58 bits per heavy atom. The summed E-state index contributed by atoms with van der Waals surface area (Å²) in [6.07, 6.45) is 0.747. The molecular formula is C13H16N2O4. The van der Waals surface area contributed by atoms with Gasteiger partial charge in [0, 0.05) is 12.2 Å². The molecule has 1 aromatic carbocycles. The van der Waals surface area contributed by atoms with Gasteiger partial charge in [-0.25, -0.2) is 4.79 Å². The maximum atomic E-state index is 11.5. The molecule has 0 saturated carbocycles. The molecule has 6 nitrogen and oxygen atoms in total. The van der Waals surface area contributed by atoms with Crippen molar-refractivity contribution in [3.63, 3.8) is 0 Å². The smallest absolute Gasteiger partial charge is 0.337 e. The highest BCUT2D eigenvalue weighted by molar-refractivity contribution is 6.39. The van der Waals surface area contributed by atoms with Crippen molar-refractivity contribution < 1.29 is 19.1 Å². The number of esters is 1. The van der Waals surface area contributed by atoms with E-state index in [2.05, 4.69) is 15.4 Å². The van der Waals surface area contributed by atoms with Crippen LogP contribution in [0, 0.1) is 0 Å². The monoisotopic (exact) mass is 264 g/mol. The summed E-state index contributed by atoms with van der Waals surface area (Å²) < 4.78 is 4.57. The van der Waals surface area contributed by atoms with Crippen LogP contribution in [0.3, 0.4) is 0 Å². The molecule has 2 amide bonds. The van der Waals surface area contributed by atoms with Gasteiger partial charge < -0.3 is 15.4 Å². The molecule has 1 aromatic rings. The molecule has 0 heterocycles. The fourth-order valence-corrected chi connectivity index (χ4v) is 1.35. The third kappa shape index (κ3) is 4.42. The minimum Gasteiger partial charge on any atom is -0.465 e. The van der Waals surface area contributed by atoms with Gasteiger partial charge in [0.05, 0.1) is 12.7 Å². The molecular weight excluding hydrogens is 248 g/mol. The quantitative estimate of drug-likeness (QED) is 0.626. The summed E-state index contributed by atoms with van der Waals surface area (Å²) >= 11 is 0. The van der Waals surface area contributed by atoms with E-state index in [0.717, 1.165) is 6.42 Å². The lowest BCUT2D eigenvalue weighted by atomic mass is 10.2. The molecule has 0 atom stereocenters. The van der Waals surface area contributed by atoms with E-state index in [4.69, 9.17) is 0 Å². The van der Waals surface area contributed by atoms with Crippen LogP contribution < -0.4 is 10.6 Å². The number of ether oxygens (including phenoxy) is 1. The molecule has 0 aliphatic carbocycles. The Balaban J connectivity index is 2.69. The van der Waals surface area contributed by atoms with Crippen molar-refractivity contribution in [3.05, 3.63) is 29.8 Å². The third-order valence-corrected chi connectivity index (χ3v) is 2.28. The topological polar surface area (TPSA) is 84.5 Å². The molecule has 2 N–H and O–H groups in total. The molecule has 0 saturated heterocycles. The zero-order valence-corrected chi connectivity index (χ0v) is 10.9. The molecule has 0 bridgehead atoms. The Morgan fingerprint density at radius 2 is 1.95 bits per heavy atom. The van der Waals surface area contributed by atoms with Crippen molar-refractivity contribution >= 4 is 23.5 Å². The van der Waals surface area contributed by atoms with E-state index in [1.54, 1.807) is 18.2 Å². The first-order valence-electron chi connectivity index (χ1n) is 5.86. The molecule has 6 heteroatoms. The average Bonchev–Trinajstić information content (AvgIpc) is 2.44. The Labute approximate surface area is 111 Å². The summed E-state index contributed by atoms with van der Waals surface area (Å²) in [5, 5.41) is 4.87. The number of benzene rings is 1. The SMILES string of the molecule is CCCNC(=O)C(=O)Nc1cccc(C(=O)OC)c1. The maximum Gasteiger partial charge on any atom is 0.337 e. The molecule has 0 aliphatic rings. The first-order valence-corrected chi connectivity index (χ1v) is 5.86. The van der Waals surface area contributed by atoms with Crippen molar-refractivity contribution in [2.75, 3.05) is 19.0 Å². The zero-order valence-electron chi connectivity index (χ0n) is 10.9. The molecule has 1 rings (SSSR count).